The van der Waals surface area contributed by atoms with Crippen molar-refractivity contribution in [2.24, 2.45) is 5.73 Å². The number of primary amides is 1. The van der Waals surface area contributed by atoms with E-state index in [1.54, 1.807) is 36.4 Å². The third-order valence-electron chi connectivity index (χ3n) is 3.70. The monoisotopic (exact) mass is 344 g/mol. The van der Waals surface area contributed by atoms with Crippen LogP contribution in [-0.4, -0.2) is 28.4 Å². The third-order valence-corrected chi connectivity index (χ3v) is 3.70. The first-order chi connectivity index (χ1) is 12.0. The summed E-state index contributed by atoms with van der Waals surface area (Å²) in [4.78, 5) is 11.0. The van der Waals surface area contributed by atoms with Crippen LogP contribution in [0.4, 0.5) is 9.18 Å². The van der Waals surface area contributed by atoms with Crippen molar-refractivity contribution in [2.45, 2.75) is 18.6 Å². The number of nitrogens with zero attached hydrogens (tertiary/aromatic N) is 1. The van der Waals surface area contributed by atoms with Crippen LogP contribution in [0.3, 0.4) is 0 Å². The zero-order valence-corrected chi connectivity index (χ0v) is 13.2. The molecular formula is C18H17FN2O4. The molecule has 3 N–H and O–H groups in total. The van der Waals surface area contributed by atoms with E-state index in [-0.39, 0.29) is 11.9 Å². The number of carbonyl (C=O) groups is 1. The summed E-state index contributed by atoms with van der Waals surface area (Å²) in [7, 11) is 0. The molecule has 0 heterocycles. The van der Waals surface area contributed by atoms with E-state index in [9.17, 15) is 14.4 Å². The molecule has 1 aliphatic rings. The number of ether oxygens (including phenoxy) is 2. The smallest absolute Gasteiger partial charge is 0.339 e. The maximum Gasteiger partial charge on any atom is 0.339 e. The summed E-state index contributed by atoms with van der Waals surface area (Å²) in [5.41, 5.74) is 5.04. The molecule has 0 bridgehead atoms. The van der Waals surface area contributed by atoms with Crippen molar-refractivity contribution in [3.63, 3.8) is 0 Å². The van der Waals surface area contributed by atoms with E-state index in [4.69, 9.17) is 15.2 Å². The van der Waals surface area contributed by atoms with Gasteiger partial charge in [0.2, 0.25) is 0 Å². The number of hydrogen-bond acceptors (Lipinski definition) is 4. The number of benzene rings is 2. The van der Waals surface area contributed by atoms with Crippen LogP contribution in [-0.2, 0) is 0 Å². The van der Waals surface area contributed by atoms with Crippen molar-refractivity contribution in [1.29, 1.82) is 0 Å². The van der Waals surface area contributed by atoms with Gasteiger partial charge in [0, 0.05) is 12.5 Å². The Morgan fingerprint density at radius 3 is 2.56 bits per heavy atom. The molecule has 25 heavy (non-hydrogen) atoms. The molecule has 0 aromatic heterocycles. The van der Waals surface area contributed by atoms with Gasteiger partial charge in [-0.2, -0.15) is 5.06 Å². The molecule has 0 saturated heterocycles. The molecule has 3 rings (SSSR count). The van der Waals surface area contributed by atoms with E-state index in [1.807, 2.05) is 0 Å². The van der Waals surface area contributed by atoms with E-state index < -0.39 is 12.1 Å². The lowest BCUT2D eigenvalue weighted by molar-refractivity contribution is -0.0645. The predicted octanol–water partition coefficient (Wildman–Crippen LogP) is 3.46. The van der Waals surface area contributed by atoms with Gasteiger partial charge in [0.1, 0.15) is 29.2 Å². The average molecular weight is 344 g/mol. The fourth-order valence-corrected chi connectivity index (χ4v) is 2.50. The number of urea groups is 1. The second kappa shape index (κ2) is 7.23. The Morgan fingerprint density at radius 2 is 1.84 bits per heavy atom. The van der Waals surface area contributed by atoms with Gasteiger partial charge in [0.05, 0.1) is 6.04 Å². The number of amides is 2. The molecule has 1 unspecified atom stereocenters. The van der Waals surface area contributed by atoms with Crippen LogP contribution >= 0.6 is 0 Å². The maximum atomic E-state index is 12.9. The van der Waals surface area contributed by atoms with Crippen LogP contribution in [0.2, 0.25) is 0 Å². The van der Waals surface area contributed by atoms with Gasteiger partial charge >= 0.3 is 6.03 Å². The summed E-state index contributed by atoms with van der Waals surface area (Å²) in [5.74, 6) is 1.29. The minimum absolute atomic E-state index is 0.305. The molecule has 2 atom stereocenters. The van der Waals surface area contributed by atoms with Gasteiger partial charge in [-0.05, 0) is 42.5 Å². The Morgan fingerprint density at radius 1 is 1.12 bits per heavy atom. The number of nitrogens with two attached hydrogens (primary N) is 1. The van der Waals surface area contributed by atoms with Gasteiger partial charge in [-0.25, -0.2) is 9.18 Å². The lowest BCUT2D eigenvalue weighted by Crippen LogP contribution is -2.40. The van der Waals surface area contributed by atoms with Gasteiger partial charge in [-0.1, -0.05) is 12.1 Å². The molecule has 2 amide bonds. The third kappa shape index (κ3) is 4.27. The van der Waals surface area contributed by atoms with Gasteiger partial charge in [0.25, 0.3) is 0 Å². The van der Waals surface area contributed by atoms with Gasteiger partial charge in [-0.3, -0.25) is 5.21 Å². The van der Waals surface area contributed by atoms with Gasteiger partial charge < -0.3 is 15.2 Å². The highest BCUT2D eigenvalue weighted by Crippen LogP contribution is 2.28. The molecule has 0 aliphatic heterocycles. The van der Waals surface area contributed by atoms with Crippen molar-refractivity contribution in [3.8, 4) is 17.2 Å². The molecule has 1 aliphatic carbocycles. The molecule has 0 fully saturated rings. The molecule has 0 saturated carbocycles. The topological polar surface area (TPSA) is 85.0 Å². The second-order valence-corrected chi connectivity index (χ2v) is 5.56. The summed E-state index contributed by atoms with van der Waals surface area (Å²) in [6.07, 6.45) is 3.50. The van der Waals surface area contributed by atoms with E-state index in [0.717, 1.165) is 0 Å². The van der Waals surface area contributed by atoms with Crippen LogP contribution in [0.25, 0.3) is 0 Å². The Bertz CT molecular complexity index is 779. The zero-order chi connectivity index (χ0) is 17.8. The second-order valence-electron chi connectivity index (χ2n) is 5.56. The number of halogens is 1. The van der Waals surface area contributed by atoms with E-state index in [2.05, 4.69) is 0 Å². The quantitative estimate of drug-likeness (QED) is 0.494. The zero-order valence-electron chi connectivity index (χ0n) is 13.2. The van der Waals surface area contributed by atoms with Crippen molar-refractivity contribution in [3.05, 3.63) is 66.5 Å². The molecular weight excluding hydrogens is 327 g/mol. The Balaban J connectivity index is 1.62. The highest BCUT2D eigenvalue weighted by molar-refractivity contribution is 5.71. The number of rotatable bonds is 5. The lowest BCUT2D eigenvalue weighted by Gasteiger charge is -2.20. The van der Waals surface area contributed by atoms with E-state index in [0.29, 0.717) is 28.7 Å². The van der Waals surface area contributed by atoms with Crippen molar-refractivity contribution in [2.75, 3.05) is 0 Å². The highest BCUT2D eigenvalue weighted by Gasteiger charge is 2.27. The average Bonchev–Trinajstić information content (AvgIpc) is 3.05. The highest BCUT2D eigenvalue weighted by atomic mass is 19.1. The fraction of sp³-hybridized carbons (Fsp3) is 0.167. The number of carbonyl (C=O) groups excluding carboxylic acids is 1. The van der Waals surface area contributed by atoms with Crippen LogP contribution < -0.4 is 15.2 Å². The van der Waals surface area contributed by atoms with E-state index in [1.165, 1.54) is 24.3 Å². The van der Waals surface area contributed by atoms with Crippen molar-refractivity contribution >= 4 is 6.03 Å². The summed E-state index contributed by atoms with van der Waals surface area (Å²) in [6, 6.07) is 11.3. The Kier molecular flexibility index (Phi) is 4.85. The first-order valence-electron chi connectivity index (χ1n) is 7.67. The Hall–Kier alpha value is -3.06. The normalized spacial score (nSPS) is 18.8. The standard InChI is InChI=1S/C18H17FN2O4/c19-12-4-7-14(8-5-12)24-15-2-1-3-16(11-15)25-17-9-6-13(10-17)21(23)18(20)22/h1-9,11,13,17,23H,10H2,(H2,20,22)/t13?,17-/m0/s1. The molecule has 2 aromatic rings. The van der Waals surface area contributed by atoms with Crippen molar-refractivity contribution in [1.82, 2.24) is 5.06 Å². The minimum atomic E-state index is -0.912. The van der Waals surface area contributed by atoms with Crippen LogP contribution in [0.1, 0.15) is 6.42 Å². The first-order valence-corrected chi connectivity index (χ1v) is 7.67. The largest absolute Gasteiger partial charge is 0.486 e. The first kappa shape index (κ1) is 16.8. The van der Waals surface area contributed by atoms with Crippen LogP contribution in [0.5, 0.6) is 17.2 Å². The molecule has 6 nitrogen and oxygen atoms in total. The van der Waals surface area contributed by atoms with Crippen molar-refractivity contribution < 1.29 is 23.9 Å². The number of hydroxylamine groups is 2. The van der Waals surface area contributed by atoms with E-state index >= 15 is 0 Å². The maximum absolute atomic E-state index is 12.9. The molecule has 0 radical (unpaired) electrons. The van der Waals surface area contributed by atoms with Crippen LogP contribution in [0, 0.1) is 5.82 Å². The summed E-state index contributed by atoms with van der Waals surface area (Å²) < 4.78 is 24.4. The van der Waals surface area contributed by atoms with Gasteiger partial charge in [0.15, 0.2) is 0 Å². The number of hydrogen-bond donors (Lipinski definition) is 2. The molecule has 2 aromatic carbocycles. The molecule has 130 valence electrons. The molecule has 0 spiro atoms. The minimum Gasteiger partial charge on any atom is -0.486 e. The predicted molar refractivity (Wildman–Crippen MR) is 88.1 cm³/mol. The summed E-state index contributed by atoms with van der Waals surface area (Å²) in [5, 5.41) is 10.0. The fourth-order valence-electron chi connectivity index (χ4n) is 2.50. The molecule has 7 heteroatoms. The van der Waals surface area contributed by atoms with Gasteiger partial charge in [-0.15, -0.1) is 0 Å². The SMILES string of the molecule is NC(=O)N(O)C1C=C[C@H](Oc2cccc(Oc3ccc(F)cc3)c2)C1. The summed E-state index contributed by atoms with van der Waals surface area (Å²) >= 11 is 0. The van der Waals surface area contributed by atoms with Crippen LogP contribution in [0.15, 0.2) is 60.7 Å². The lowest BCUT2D eigenvalue weighted by atomic mass is 10.2. The Labute approximate surface area is 143 Å². The summed E-state index contributed by atoms with van der Waals surface area (Å²) in [6.45, 7) is 0.